The van der Waals surface area contributed by atoms with Crippen molar-refractivity contribution in [3.63, 3.8) is 0 Å². The van der Waals surface area contributed by atoms with Crippen LogP contribution in [0.4, 0.5) is 0 Å². The van der Waals surface area contributed by atoms with Crippen LogP contribution in [0.2, 0.25) is 5.02 Å². The molecule has 0 unspecified atom stereocenters. The van der Waals surface area contributed by atoms with Crippen molar-refractivity contribution in [1.29, 1.82) is 0 Å². The van der Waals surface area contributed by atoms with E-state index >= 15 is 0 Å². The Morgan fingerprint density at radius 2 is 1.93 bits per heavy atom. The van der Waals surface area contributed by atoms with Crippen LogP contribution in [0.5, 0.6) is 5.75 Å². The van der Waals surface area contributed by atoms with Gasteiger partial charge in [-0.2, -0.15) is 0 Å². The molecule has 2 aromatic carbocycles. The highest BCUT2D eigenvalue weighted by Gasteiger charge is 2.21. The summed E-state index contributed by atoms with van der Waals surface area (Å²) in [6.45, 7) is 0. The number of carbonyl (C=O) groups is 1. The number of fused-ring (bicyclic) bond motifs is 1. The fourth-order valence-corrected chi connectivity index (χ4v) is 3.92. The van der Waals surface area contributed by atoms with Crippen LogP contribution >= 0.6 is 35.6 Å². The zero-order valence-corrected chi connectivity index (χ0v) is 17.0. The lowest BCUT2D eigenvalue weighted by molar-refractivity contribution is -0.115. The summed E-state index contributed by atoms with van der Waals surface area (Å²) in [5.41, 5.74) is 2.01. The number of pyridine rings is 1. The third-order valence-corrected chi connectivity index (χ3v) is 5.55. The van der Waals surface area contributed by atoms with Crippen LogP contribution in [0.1, 0.15) is 5.56 Å². The van der Waals surface area contributed by atoms with Gasteiger partial charge in [0.1, 0.15) is 16.5 Å². The first kappa shape index (κ1) is 18.7. The maximum absolute atomic E-state index is 12.1. The predicted octanol–water partition coefficient (Wildman–Crippen LogP) is 4.39. The Morgan fingerprint density at radius 3 is 2.61 bits per heavy atom. The first-order valence-electron chi connectivity index (χ1n) is 8.28. The molecule has 2 heterocycles. The van der Waals surface area contributed by atoms with Gasteiger partial charge in [-0.15, -0.1) is 0 Å². The second kappa shape index (κ2) is 7.79. The normalized spacial score (nSPS) is 15.0. The van der Waals surface area contributed by atoms with Crippen LogP contribution in [0.3, 0.4) is 0 Å². The van der Waals surface area contributed by atoms with Crippen molar-refractivity contribution in [3.05, 3.63) is 64.8 Å². The molecule has 5 nitrogen and oxygen atoms in total. The molecule has 1 aromatic heterocycles. The van der Waals surface area contributed by atoms with E-state index in [1.165, 1.54) is 11.8 Å². The first-order chi connectivity index (χ1) is 13.5. The van der Waals surface area contributed by atoms with E-state index < -0.39 is 0 Å². The van der Waals surface area contributed by atoms with Crippen molar-refractivity contribution in [2.45, 2.75) is 9.92 Å². The van der Waals surface area contributed by atoms with Crippen molar-refractivity contribution in [1.82, 2.24) is 15.6 Å². The van der Waals surface area contributed by atoms with Gasteiger partial charge in [-0.1, -0.05) is 23.4 Å². The minimum absolute atomic E-state index is 0.266. The number of thiocarbonyl (C=S) groups is 1. The van der Waals surface area contributed by atoms with Crippen LogP contribution in [0.25, 0.3) is 17.0 Å². The van der Waals surface area contributed by atoms with Gasteiger partial charge in [-0.3, -0.25) is 10.1 Å². The number of aromatic nitrogens is 1. The molecule has 1 saturated heterocycles. The molecular formula is C20H14ClN3O2S2. The number of nitrogens with zero attached hydrogens (tertiary/aromatic N) is 1. The number of hydrogen-bond acceptors (Lipinski definition) is 5. The summed E-state index contributed by atoms with van der Waals surface area (Å²) in [4.78, 5) is 17.9. The average Bonchev–Trinajstić information content (AvgIpc) is 3.00. The van der Waals surface area contributed by atoms with Gasteiger partial charge in [0, 0.05) is 20.9 Å². The Kier molecular flexibility index (Phi) is 5.21. The van der Waals surface area contributed by atoms with Gasteiger partial charge >= 0.3 is 0 Å². The lowest BCUT2D eigenvalue weighted by Gasteiger charge is -2.10. The summed E-state index contributed by atoms with van der Waals surface area (Å²) >= 11 is 12.5. The average molecular weight is 428 g/mol. The Hall–Kier alpha value is -2.61. The molecule has 0 saturated carbocycles. The number of methoxy groups -OCH3 is 1. The Morgan fingerprint density at radius 1 is 1.14 bits per heavy atom. The van der Waals surface area contributed by atoms with Crippen molar-refractivity contribution in [2.24, 2.45) is 0 Å². The molecule has 0 atom stereocenters. The minimum Gasteiger partial charge on any atom is -0.497 e. The van der Waals surface area contributed by atoms with Crippen LogP contribution in [0.15, 0.2) is 64.1 Å². The summed E-state index contributed by atoms with van der Waals surface area (Å²) < 4.78 is 5.31. The molecule has 1 amide bonds. The van der Waals surface area contributed by atoms with Gasteiger partial charge in [0.2, 0.25) is 0 Å². The smallest absolute Gasteiger partial charge is 0.273 e. The van der Waals surface area contributed by atoms with Crippen LogP contribution in [-0.4, -0.2) is 23.1 Å². The maximum atomic E-state index is 12.1. The molecule has 8 heteroatoms. The van der Waals surface area contributed by atoms with E-state index in [-0.39, 0.29) is 5.91 Å². The quantitative estimate of drug-likeness (QED) is 0.475. The van der Waals surface area contributed by atoms with Crippen molar-refractivity contribution < 1.29 is 9.53 Å². The van der Waals surface area contributed by atoms with E-state index in [4.69, 9.17) is 33.5 Å². The lowest BCUT2D eigenvalue weighted by atomic mass is 10.1. The molecule has 1 fully saturated rings. The highest BCUT2D eigenvalue weighted by molar-refractivity contribution is 7.99. The van der Waals surface area contributed by atoms with Crippen LogP contribution in [-0.2, 0) is 4.79 Å². The summed E-state index contributed by atoms with van der Waals surface area (Å²) in [6.07, 6.45) is 1.75. The summed E-state index contributed by atoms with van der Waals surface area (Å²) in [6, 6.07) is 15.2. The van der Waals surface area contributed by atoms with Crippen LogP contribution < -0.4 is 15.4 Å². The van der Waals surface area contributed by atoms with Gasteiger partial charge in [0.15, 0.2) is 5.11 Å². The van der Waals surface area contributed by atoms with Crippen molar-refractivity contribution in [3.8, 4) is 5.75 Å². The highest BCUT2D eigenvalue weighted by atomic mass is 35.5. The zero-order chi connectivity index (χ0) is 19.7. The number of amides is 1. The Labute approximate surface area is 176 Å². The number of nitrogens with one attached hydrogen (secondary N) is 2. The third-order valence-electron chi connectivity index (χ3n) is 4.06. The summed E-state index contributed by atoms with van der Waals surface area (Å²) in [5, 5.41) is 8.08. The molecule has 0 aliphatic carbocycles. The fourth-order valence-electron chi connectivity index (χ4n) is 2.72. The molecular weight excluding hydrogens is 414 g/mol. The van der Waals surface area contributed by atoms with Gasteiger partial charge in [0.25, 0.3) is 5.91 Å². The zero-order valence-electron chi connectivity index (χ0n) is 14.7. The topological polar surface area (TPSA) is 63.2 Å². The number of benzene rings is 2. The number of hydrogen-bond donors (Lipinski definition) is 2. The minimum atomic E-state index is -0.266. The molecule has 140 valence electrons. The number of ether oxygens (including phenoxy) is 1. The second-order valence-electron chi connectivity index (χ2n) is 5.96. The fraction of sp³-hybridized carbons (Fsp3) is 0.0500. The number of carbonyl (C=O) groups excluding carboxylic acids is 1. The Bertz CT molecular complexity index is 1130. The van der Waals surface area contributed by atoms with E-state index in [1.807, 2.05) is 48.5 Å². The summed E-state index contributed by atoms with van der Waals surface area (Å²) in [7, 11) is 1.62. The highest BCUT2D eigenvalue weighted by Crippen LogP contribution is 2.33. The van der Waals surface area contributed by atoms with Crippen LogP contribution in [0, 0.1) is 0 Å². The molecule has 1 aliphatic heterocycles. The monoisotopic (exact) mass is 427 g/mol. The van der Waals surface area contributed by atoms with E-state index in [1.54, 1.807) is 13.2 Å². The standard InChI is InChI=1S/C20H14ClN3O2S2/c1-26-14-4-7-16-11(9-14)8-12(10-17-18(25)24-20(27)23-17)19(22-16)28-15-5-2-13(21)3-6-15/h2-10H,1H3,(H2,23,24,25,27). The Balaban J connectivity index is 1.83. The maximum Gasteiger partial charge on any atom is 0.273 e. The van der Waals surface area contributed by atoms with Crippen molar-refractivity contribution >= 4 is 63.6 Å². The molecule has 4 rings (SSSR count). The molecule has 3 aromatic rings. The lowest BCUT2D eigenvalue weighted by Crippen LogP contribution is -2.21. The van der Waals surface area contributed by atoms with Gasteiger partial charge in [0.05, 0.1) is 12.6 Å². The molecule has 0 radical (unpaired) electrons. The van der Waals surface area contributed by atoms with Gasteiger partial charge in [-0.25, -0.2) is 4.98 Å². The SMILES string of the molecule is COc1ccc2nc(Sc3ccc(Cl)cc3)c(C=C3NC(=S)NC3=O)cc2c1. The summed E-state index contributed by atoms with van der Waals surface area (Å²) in [5.74, 6) is 0.474. The molecule has 28 heavy (non-hydrogen) atoms. The van der Waals surface area contributed by atoms with Gasteiger partial charge in [-0.05, 0) is 66.8 Å². The molecule has 1 aliphatic rings. The molecule has 0 bridgehead atoms. The molecule has 2 N–H and O–H groups in total. The number of rotatable bonds is 4. The predicted molar refractivity (Wildman–Crippen MR) is 116 cm³/mol. The van der Waals surface area contributed by atoms with Gasteiger partial charge < -0.3 is 10.1 Å². The van der Waals surface area contributed by atoms with E-state index in [0.29, 0.717) is 15.8 Å². The number of halogens is 1. The van der Waals surface area contributed by atoms with Crippen molar-refractivity contribution in [2.75, 3.05) is 7.11 Å². The largest absolute Gasteiger partial charge is 0.497 e. The third kappa shape index (κ3) is 3.96. The second-order valence-corrected chi connectivity index (χ2v) is 7.87. The van der Waals surface area contributed by atoms with E-state index in [0.717, 1.165) is 32.1 Å². The molecule has 0 spiro atoms. The van der Waals surface area contributed by atoms with E-state index in [2.05, 4.69) is 10.6 Å². The first-order valence-corrected chi connectivity index (χ1v) is 9.88. The van der Waals surface area contributed by atoms with E-state index in [9.17, 15) is 4.79 Å².